The fraction of sp³-hybridized carbons (Fsp3) is 0.267. The van der Waals surface area contributed by atoms with Crippen molar-refractivity contribution in [3.8, 4) is 0 Å². The molecule has 0 radical (unpaired) electrons. The quantitative estimate of drug-likeness (QED) is 0.308. The number of ether oxygens (including phenoxy) is 1. The highest BCUT2D eigenvalue weighted by molar-refractivity contribution is 6.34. The molecule has 1 aliphatic heterocycles. The second kappa shape index (κ2) is 7.93. The number of carbonyl (C=O) groups excluding carboxylic acids is 3. The molecule has 1 heterocycles. The van der Waals surface area contributed by atoms with Crippen LogP contribution in [0, 0.1) is 10.1 Å². The number of amides is 2. The van der Waals surface area contributed by atoms with Gasteiger partial charge < -0.3 is 15.2 Å². The zero-order chi connectivity index (χ0) is 19.4. The number of anilines is 1. The SMILES string of the molecule is CCOC(=O)c1cc(Cl)c(NC2=CC(=O)N(CCO)C2=O)c([N+](=O)[O-])c1. The topological polar surface area (TPSA) is 139 Å². The van der Waals surface area contributed by atoms with Gasteiger partial charge >= 0.3 is 5.97 Å². The van der Waals surface area contributed by atoms with Crippen LogP contribution in [0.2, 0.25) is 5.02 Å². The Kier molecular flexibility index (Phi) is 5.90. The van der Waals surface area contributed by atoms with Crippen LogP contribution in [0.15, 0.2) is 23.9 Å². The summed E-state index contributed by atoms with van der Waals surface area (Å²) >= 11 is 6.03. The Hall–Kier alpha value is -2.98. The zero-order valence-corrected chi connectivity index (χ0v) is 14.3. The number of esters is 1. The third kappa shape index (κ3) is 3.81. The van der Waals surface area contributed by atoms with E-state index in [0.29, 0.717) is 0 Å². The molecule has 0 unspecified atom stereocenters. The summed E-state index contributed by atoms with van der Waals surface area (Å²) in [7, 11) is 0. The molecule has 2 amide bonds. The second-order valence-electron chi connectivity index (χ2n) is 5.03. The van der Waals surface area contributed by atoms with Crippen molar-refractivity contribution in [3.63, 3.8) is 0 Å². The van der Waals surface area contributed by atoms with Crippen molar-refractivity contribution in [2.45, 2.75) is 6.92 Å². The Morgan fingerprint density at radius 3 is 2.69 bits per heavy atom. The Morgan fingerprint density at radius 1 is 1.42 bits per heavy atom. The third-order valence-corrected chi connectivity index (χ3v) is 3.67. The Balaban J connectivity index is 2.39. The summed E-state index contributed by atoms with van der Waals surface area (Å²) in [6, 6.07) is 2.11. The first-order chi connectivity index (χ1) is 12.3. The maximum atomic E-state index is 12.1. The van der Waals surface area contributed by atoms with Crippen LogP contribution in [-0.4, -0.2) is 52.5 Å². The van der Waals surface area contributed by atoms with Crippen molar-refractivity contribution < 1.29 is 29.2 Å². The van der Waals surface area contributed by atoms with E-state index in [1.807, 2.05) is 0 Å². The largest absolute Gasteiger partial charge is 0.462 e. The molecular weight excluding hydrogens is 370 g/mol. The molecule has 0 spiro atoms. The zero-order valence-electron chi connectivity index (χ0n) is 13.5. The lowest BCUT2D eigenvalue weighted by atomic mass is 10.1. The van der Waals surface area contributed by atoms with Crippen LogP contribution in [-0.2, 0) is 14.3 Å². The maximum absolute atomic E-state index is 12.1. The number of rotatable bonds is 7. The number of benzene rings is 1. The number of imide groups is 1. The number of hydrogen-bond acceptors (Lipinski definition) is 8. The molecule has 0 fully saturated rings. The number of nitrogens with zero attached hydrogens (tertiary/aromatic N) is 2. The van der Waals surface area contributed by atoms with E-state index in [4.69, 9.17) is 21.4 Å². The van der Waals surface area contributed by atoms with E-state index in [-0.39, 0.29) is 35.1 Å². The lowest BCUT2D eigenvalue weighted by Gasteiger charge is -2.14. The molecule has 26 heavy (non-hydrogen) atoms. The molecular formula is C15H14ClN3O7. The van der Waals surface area contributed by atoms with Gasteiger partial charge in [-0.3, -0.25) is 24.6 Å². The van der Waals surface area contributed by atoms with Gasteiger partial charge in [0.1, 0.15) is 11.4 Å². The molecule has 0 saturated carbocycles. The Morgan fingerprint density at radius 2 is 2.12 bits per heavy atom. The number of aliphatic hydroxyl groups excluding tert-OH is 1. The van der Waals surface area contributed by atoms with Crippen LogP contribution in [0.4, 0.5) is 11.4 Å². The summed E-state index contributed by atoms with van der Waals surface area (Å²) in [6.07, 6.45) is 0.942. The molecule has 2 N–H and O–H groups in total. The van der Waals surface area contributed by atoms with E-state index in [1.54, 1.807) is 6.92 Å². The smallest absolute Gasteiger partial charge is 0.338 e. The average molecular weight is 384 g/mol. The molecule has 1 aromatic carbocycles. The van der Waals surface area contributed by atoms with Gasteiger partial charge in [0.25, 0.3) is 17.5 Å². The number of nitrogens with one attached hydrogen (secondary N) is 1. The predicted octanol–water partition coefficient (Wildman–Crippen LogP) is 1.08. The van der Waals surface area contributed by atoms with Crippen molar-refractivity contribution in [2.75, 3.05) is 25.1 Å². The average Bonchev–Trinajstić information content (AvgIpc) is 2.84. The fourth-order valence-electron chi connectivity index (χ4n) is 2.24. The normalized spacial score (nSPS) is 13.7. The van der Waals surface area contributed by atoms with Crippen LogP contribution in [0.25, 0.3) is 0 Å². The van der Waals surface area contributed by atoms with E-state index in [9.17, 15) is 24.5 Å². The molecule has 0 atom stereocenters. The fourth-order valence-corrected chi connectivity index (χ4v) is 2.50. The molecule has 10 nitrogen and oxygen atoms in total. The third-order valence-electron chi connectivity index (χ3n) is 3.37. The summed E-state index contributed by atoms with van der Waals surface area (Å²) in [4.78, 5) is 47.0. The number of halogens is 1. The minimum absolute atomic E-state index is 0.0778. The molecule has 2 rings (SSSR count). The number of nitro benzene ring substituents is 1. The van der Waals surface area contributed by atoms with Gasteiger partial charge in [-0.25, -0.2) is 4.79 Å². The number of carbonyl (C=O) groups is 3. The molecule has 0 aliphatic carbocycles. The van der Waals surface area contributed by atoms with Gasteiger partial charge in [-0.1, -0.05) is 11.6 Å². The lowest BCUT2D eigenvalue weighted by Crippen LogP contribution is -2.34. The van der Waals surface area contributed by atoms with Gasteiger partial charge in [0, 0.05) is 12.1 Å². The van der Waals surface area contributed by atoms with Crippen LogP contribution in [0.3, 0.4) is 0 Å². The summed E-state index contributed by atoms with van der Waals surface area (Å²) in [5.74, 6) is -2.22. The van der Waals surface area contributed by atoms with E-state index in [1.165, 1.54) is 0 Å². The lowest BCUT2D eigenvalue weighted by molar-refractivity contribution is -0.383. The minimum atomic E-state index is -0.787. The van der Waals surface area contributed by atoms with Gasteiger partial charge in [0.2, 0.25) is 0 Å². The van der Waals surface area contributed by atoms with Crippen LogP contribution in [0.5, 0.6) is 0 Å². The van der Waals surface area contributed by atoms with Gasteiger partial charge in [0.15, 0.2) is 0 Å². The van der Waals surface area contributed by atoms with Gasteiger partial charge in [0.05, 0.1) is 35.3 Å². The van der Waals surface area contributed by atoms with Crippen LogP contribution in [0.1, 0.15) is 17.3 Å². The molecule has 11 heteroatoms. The van der Waals surface area contributed by atoms with Gasteiger partial charge in [-0.05, 0) is 13.0 Å². The summed E-state index contributed by atoms with van der Waals surface area (Å²) in [5, 5.41) is 22.5. The Labute approximate surface area is 152 Å². The second-order valence-corrected chi connectivity index (χ2v) is 5.44. The van der Waals surface area contributed by atoms with E-state index < -0.39 is 35.0 Å². The van der Waals surface area contributed by atoms with Crippen LogP contribution < -0.4 is 5.32 Å². The van der Waals surface area contributed by atoms with Crippen molar-refractivity contribution in [2.24, 2.45) is 0 Å². The first kappa shape index (κ1) is 19.3. The predicted molar refractivity (Wildman–Crippen MR) is 89.6 cm³/mol. The number of hydrogen-bond donors (Lipinski definition) is 2. The van der Waals surface area contributed by atoms with E-state index in [0.717, 1.165) is 23.1 Å². The Bertz CT molecular complexity index is 822. The van der Waals surface area contributed by atoms with Gasteiger partial charge in [-0.2, -0.15) is 0 Å². The van der Waals surface area contributed by atoms with Crippen molar-refractivity contribution in [1.29, 1.82) is 0 Å². The number of aliphatic hydroxyl groups is 1. The first-order valence-corrected chi connectivity index (χ1v) is 7.78. The summed E-state index contributed by atoms with van der Waals surface area (Å²) in [6.45, 7) is 1.02. The molecule has 138 valence electrons. The standard InChI is InChI=1S/C15H14ClN3O7/c1-2-26-15(23)8-5-9(16)13(11(6-8)19(24)25)17-10-7-12(21)18(3-4-20)14(10)22/h5-7,17,20H,2-4H2,1H3. The number of nitro groups is 1. The van der Waals surface area contributed by atoms with Gasteiger partial charge in [-0.15, -0.1) is 0 Å². The molecule has 1 aromatic rings. The van der Waals surface area contributed by atoms with E-state index >= 15 is 0 Å². The molecule has 0 bridgehead atoms. The summed E-state index contributed by atoms with van der Waals surface area (Å²) < 4.78 is 4.78. The molecule has 0 aromatic heterocycles. The first-order valence-electron chi connectivity index (χ1n) is 7.40. The van der Waals surface area contributed by atoms with Crippen molar-refractivity contribution in [3.05, 3.63) is 44.6 Å². The maximum Gasteiger partial charge on any atom is 0.338 e. The molecule has 1 aliphatic rings. The highest BCUT2D eigenvalue weighted by Gasteiger charge is 2.33. The molecule has 0 saturated heterocycles. The summed E-state index contributed by atoms with van der Waals surface area (Å²) in [5.41, 5.74) is -1.18. The minimum Gasteiger partial charge on any atom is -0.462 e. The highest BCUT2D eigenvalue weighted by Crippen LogP contribution is 2.35. The van der Waals surface area contributed by atoms with Crippen molar-refractivity contribution >= 4 is 40.8 Å². The van der Waals surface area contributed by atoms with Crippen molar-refractivity contribution in [1.82, 2.24) is 4.90 Å². The van der Waals surface area contributed by atoms with Crippen LogP contribution >= 0.6 is 11.6 Å². The monoisotopic (exact) mass is 383 g/mol. The van der Waals surface area contributed by atoms with E-state index in [2.05, 4.69) is 5.32 Å². The highest BCUT2D eigenvalue weighted by atomic mass is 35.5. The number of β-amino-alcohol motifs (C(OH)–C–C–N with tert-alkyl or cyclic N) is 1.